The third-order valence-electron chi connectivity index (χ3n) is 7.31. The van der Waals surface area contributed by atoms with Crippen molar-refractivity contribution in [1.29, 1.82) is 0 Å². The minimum Gasteiger partial charge on any atom is -0.349 e. The second-order valence-corrected chi connectivity index (χ2v) is 9.74. The van der Waals surface area contributed by atoms with Gasteiger partial charge < -0.3 is 10.3 Å². The normalized spacial score (nSPS) is 24.1. The van der Waals surface area contributed by atoms with Gasteiger partial charge in [0.2, 0.25) is 0 Å². The average Bonchev–Trinajstić information content (AvgIpc) is 2.77. The van der Waals surface area contributed by atoms with Gasteiger partial charge in [0.05, 0.1) is 10.9 Å². The van der Waals surface area contributed by atoms with E-state index in [1.165, 1.54) is 24.8 Å². The Balaban J connectivity index is 1.54. The summed E-state index contributed by atoms with van der Waals surface area (Å²) in [5.74, 6) is 1.01. The lowest BCUT2D eigenvalue weighted by Gasteiger charge is -2.34. The van der Waals surface area contributed by atoms with Gasteiger partial charge in [0.15, 0.2) is 4.77 Å². The van der Waals surface area contributed by atoms with Crippen LogP contribution < -0.4 is 10.9 Å². The van der Waals surface area contributed by atoms with Crippen LogP contribution in [0.2, 0.25) is 0 Å². The van der Waals surface area contributed by atoms with Crippen molar-refractivity contribution in [3.63, 3.8) is 0 Å². The van der Waals surface area contributed by atoms with E-state index >= 15 is 0 Å². The van der Waals surface area contributed by atoms with Gasteiger partial charge in [-0.15, -0.1) is 0 Å². The van der Waals surface area contributed by atoms with Gasteiger partial charge in [-0.1, -0.05) is 38.3 Å². The molecule has 31 heavy (non-hydrogen) atoms. The summed E-state index contributed by atoms with van der Waals surface area (Å²) < 4.78 is 2.07. The van der Waals surface area contributed by atoms with Crippen molar-refractivity contribution >= 4 is 29.0 Å². The molecule has 1 fully saturated rings. The third kappa shape index (κ3) is 4.84. The van der Waals surface area contributed by atoms with E-state index in [0.29, 0.717) is 39.6 Å². The molecule has 2 N–H and O–H groups in total. The van der Waals surface area contributed by atoms with Crippen molar-refractivity contribution in [2.75, 3.05) is 0 Å². The lowest BCUT2D eigenvalue weighted by molar-refractivity contribution is 0.0891. The number of H-pyrrole nitrogens is 1. The van der Waals surface area contributed by atoms with Crippen molar-refractivity contribution in [2.24, 2.45) is 11.8 Å². The molecule has 166 valence electrons. The minimum atomic E-state index is -0.0863. The molecule has 1 aromatic heterocycles. The van der Waals surface area contributed by atoms with Crippen LogP contribution >= 0.6 is 12.2 Å². The number of carbonyl (C=O) groups is 1. The SMILES string of the molecule is C[C@@H]1[C@H](C)CCC[C@@H]1NC(=O)c1ccc2c(=O)n(CCC3=CCCCC3)c(=S)[nH]c2c1. The van der Waals surface area contributed by atoms with E-state index in [4.69, 9.17) is 12.2 Å². The first kappa shape index (κ1) is 22.0. The van der Waals surface area contributed by atoms with E-state index in [-0.39, 0.29) is 17.5 Å². The number of benzene rings is 1. The number of nitrogens with zero attached hydrogens (tertiary/aromatic N) is 1. The van der Waals surface area contributed by atoms with Crippen LogP contribution in [-0.2, 0) is 6.54 Å². The standard InChI is InChI=1S/C25H33N3O2S/c1-16-7-6-10-21(17(16)2)26-23(29)19-11-12-20-22(15-19)27-25(31)28(24(20)30)14-13-18-8-4-3-5-9-18/h8,11-12,15-17,21H,3-7,9-10,13-14H2,1-2H3,(H,26,29)(H,27,31)/t16-,17-,21+/m1/s1. The van der Waals surface area contributed by atoms with Crippen LogP contribution in [0.5, 0.6) is 0 Å². The number of aromatic nitrogens is 2. The van der Waals surface area contributed by atoms with Gasteiger partial charge in [0.25, 0.3) is 11.5 Å². The van der Waals surface area contributed by atoms with Crippen molar-refractivity contribution in [1.82, 2.24) is 14.9 Å². The number of carbonyl (C=O) groups excluding carboxylic acids is 1. The van der Waals surface area contributed by atoms with Gasteiger partial charge in [0.1, 0.15) is 0 Å². The topological polar surface area (TPSA) is 66.9 Å². The number of rotatable bonds is 5. The van der Waals surface area contributed by atoms with Gasteiger partial charge in [-0.2, -0.15) is 0 Å². The predicted octanol–water partition coefficient (Wildman–Crippen LogP) is 5.50. The second kappa shape index (κ2) is 9.51. The maximum absolute atomic E-state index is 13.1. The number of allylic oxidation sites excluding steroid dienone is 2. The molecule has 0 unspecified atom stereocenters. The van der Waals surface area contributed by atoms with Gasteiger partial charge >= 0.3 is 0 Å². The molecule has 1 aromatic carbocycles. The monoisotopic (exact) mass is 439 g/mol. The molecule has 2 aliphatic rings. The van der Waals surface area contributed by atoms with E-state index in [2.05, 4.69) is 30.2 Å². The highest BCUT2D eigenvalue weighted by Crippen LogP contribution is 2.29. The lowest BCUT2D eigenvalue weighted by atomic mass is 9.78. The van der Waals surface area contributed by atoms with Crippen molar-refractivity contribution < 1.29 is 4.79 Å². The zero-order valence-corrected chi connectivity index (χ0v) is 19.4. The molecule has 1 heterocycles. The van der Waals surface area contributed by atoms with Crippen molar-refractivity contribution in [3.05, 3.63) is 50.5 Å². The molecule has 2 aliphatic carbocycles. The summed E-state index contributed by atoms with van der Waals surface area (Å²) in [6, 6.07) is 5.46. The highest BCUT2D eigenvalue weighted by Gasteiger charge is 2.28. The Morgan fingerprint density at radius 1 is 1.23 bits per heavy atom. The predicted molar refractivity (Wildman–Crippen MR) is 128 cm³/mol. The summed E-state index contributed by atoms with van der Waals surface area (Å²) >= 11 is 5.49. The Kier molecular flexibility index (Phi) is 6.75. The Hall–Kier alpha value is -2.21. The third-order valence-corrected chi connectivity index (χ3v) is 7.63. The average molecular weight is 440 g/mol. The first-order chi connectivity index (χ1) is 14.9. The number of hydrogen-bond acceptors (Lipinski definition) is 3. The maximum Gasteiger partial charge on any atom is 0.262 e. The van der Waals surface area contributed by atoms with Crippen LogP contribution in [0.25, 0.3) is 10.9 Å². The Bertz CT molecular complexity index is 1110. The largest absolute Gasteiger partial charge is 0.349 e. The van der Waals surface area contributed by atoms with Gasteiger partial charge in [0, 0.05) is 18.2 Å². The van der Waals surface area contributed by atoms with Gasteiger partial charge in [-0.3, -0.25) is 14.2 Å². The summed E-state index contributed by atoms with van der Waals surface area (Å²) in [6.45, 7) is 5.07. The molecule has 6 heteroatoms. The zero-order chi connectivity index (χ0) is 22.0. The molecule has 0 spiro atoms. The smallest absolute Gasteiger partial charge is 0.262 e. The molecule has 0 saturated heterocycles. The fourth-order valence-electron chi connectivity index (χ4n) is 5.02. The molecular formula is C25H33N3O2S. The van der Waals surface area contributed by atoms with Crippen LogP contribution in [-0.4, -0.2) is 21.5 Å². The fraction of sp³-hybridized carbons (Fsp3) is 0.560. The van der Waals surface area contributed by atoms with Gasteiger partial charge in [-0.05, 0) is 80.8 Å². The summed E-state index contributed by atoms with van der Waals surface area (Å²) in [7, 11) is 0. The molecule has 1 saturated carbocycles. The quantitative estimate of drug-likeness (QED) is 0.477. The highest BCUT2D eigenvalue weighted by atomic mass is 32.1. The lowest BCUT2D eigenvalue weighted by Crippen LogP contribution is -2.43. The Morgan fingerprint density at radius 3 is 2.84 bits per heavy atom. The van der Waals surface area contributed by atoms with Crippen LogP contribution in [0.3, 0.4) is 0 Å². The summed E-state index contributed by atoms with van der Waals surface area (Å²) in [6.07, 6.45) is 11.3. The first-order valence-corrected chi connectivity index (χ1v) is 12.1. The van der Waals surface area contributed by atoms with E-state index in [1.807, 2.05) is 0 Å². The van der Waals surface area contributed by atoms with Crippen molar-refractivity contribution in [2.45, 2.75) is 77.8 Å². The van der Waals surface area contributed by atoms with E-state index in [1.54, 1.807) is 22.8 Å². The van der Waals surface area contributed by atoms with Crippen LogP contribution in [0.4, 0.5) is 0 Å². The molecule has 3 atom stereocenters. The highest BCUT2D eigenvalue weighted by molar-refractivity contribution is 7.71. The van der Waals surface area contributed by atoms with Gasteiger partial charge in [-0.25, -0.2) is 0 Å². The molecule has 5 nitrogen and oxygen atoms in total. The number of amides is 1. The first-order valence-electron chi connectivity index (χ1n) is 11.7. The number of nitrogens with one attached hydrogen (secondary N) is 2. The molecule has 4 rings (SSSR count). The van der Waals surface area contributed by atoms with Crippen LogP contribution in [0.15, 0.2) is 34.6 Å². The summed E-state index contributed by atoms with van der Waals surface area (Å²) in [5.41, 5.74) is 2.52. The summed E-state index contributed by atoms with van der Waals surface area (Å²) in [5, 5.41) is 3.78. The van der Waals surface area contributed by atoms with E-state index in [9.17, 15) is 9.59 Å². The molecule has 1 amide bonds. The molecule has 2 aromatic rings. The number of fused-ring (bicyclic) bond motifs is 1. The van der Waals surface area contributed by atoms with E-state index in [0.717, 1.165) is 32.1 Å². The number of aromatic amines is 1. The zero-order valence-electron chi connectivity index (χ0n) is 18.6. The van der Waals surface area contributed by atoms with Crippen LogP contribution in [0.1, 0.15) is 75.6 Å². The molecule has 0 aliphatic heterocycles. The van der Waals surface area contributed by atoms with Crippen molar-refractivity contribution in [3.8, 4) is 0 Å². The summed E-state index contributed by atoms with van der Waals surface area (Å²) in [4.78, 5) is 29.1. The molecule has 0 radical (unpaired) electrons. The fourth-order valence-corrected chi connectivity index (χ4v) is 5.31. The number of hydrogen-bond donors (Lipinski definition) is 2. The Labute approximate surface area is 188 Å². The molecule has 0 bridgehead atoms. The second-order valence-electron chi connectivity index (χ2n) is 9.35. The maximum atomic E-state index is 13.1. The van der Waals surface area contributed by atoms with E-state index < -0.39 is 0 Å². The molecular weight excluding hydrogens is 406 g/mol. The minimum absolute atomic E-state index is 0.0828. The Morgan fingerprint density at radius 2 is 2.06 bits per heavy atom. The van der Waals surface area contributed by atoms with Crippen LogP contribution in [0, 0.1) is 16.6 Å².